The van der Waals surface area contributed by atoms with E-state index in [9.17, 15) is 0 Å². The van der Waals surface area contributed by atoms with Gasteiger partial charge in [0.25, 0.3) is 5.88 Å². The molecule has 0 atom stereocenters. The minimum atomic E-state index is -1.86. The molecule has 0 bridgehead atoms. The van der Waals surface area contributed by atoms with E-state index in [-0.39, 0.29) is 11.6 Å². The molecule has 70 valence electrons. The SMILES string of the molecule is COc1nc(C)ccc1OB(O)O. The van der Waals surface area contributed by atoms with Gasteiger partial charge < -0.3 is 19.4 Å². The highest BCUT2D eigenvalue weighted by molar-refractivity contribution is 6.33. The molecule has 0 radical (unpaired) electrons. The van der Waals surface area contributed by atoms with E-state index in [4.69, 9.17) is 14.8 Å². The Kier molecular flexibility index (Phi) is 3.10. The highest BCUT2D eigenvalue weighted by Crippen LogP contribution is 2.24. The number of aromatic nitrogens is 1. The first kappa shape index (κ1) is 9.82. The fraction of sp³-hybridized carbons (Fsp3) is 0.286. The first-order valence-electron chi connectivity index (χ1n) is 3.68. The van der Waals surface area contributed by atoms with E-state index in [0.29, 0.717) is 0 Å². The standard InChI is InChI=1S/C7H10BNO4/c1-5-3-4-6(13-8(10)11)7(9-5)12-2/h3-4,10-11H,1-2H3. The van der Waals surface area contributed by atoms with Gasteiger partial charge in [0.15, 0.2) is 5.75 Å². The predicted molar refractivity (Wildman–Crippen MR) is 46.3 cm³/mol. The van der Waals surface area contributed by atoms with E-state index in [1.54, 1.807) is 19.1 Å². The van der Waals surface area contributed by atoms with Gasteiger partial charge in [-0.05, 0) is 19.1 Å². The molecular weight excluding hydrogens is 173 g/mol. The lowest BCUT2D eigenvalue weighted by Crippen LogP contribution is -2.21. The van der Waals surface area contributed by atoms with Crippen molar-refractivity contribution in [2.24, 2.45) is 0 Å². The number of pyridine rings is 1. The summed E-state index contributed by atoms with van der Waals surface area (Å²) in [4.78, 5) is 3.98. The van der Waals surface area contributed by atoms with Crippen molar-refractivity contribution < 1.29 is 19.4 Å². The molecule has 1 aromatic rings. The number of aryl methyl sites for hydroxylation is 1. The van der Waals surface area contributed by atoms with Gasteiger partial charge in [-0.3, -0.25) is 0 Å². The van der Waals surface area contributed by atoms with Crippen molar-refractivity contribution in [2.45, 2.75) is 6.92 Å². The monoisotopic (exact) mass is 183 g/mol. The third-order valence-corrected chi connectivity index (χ3v) is 1.39. The van der Waals surface area contributed by atoms with E-state index < -0.39 is 7.32 Å². The Labute approximate surface area is 76.1 Å². The van der Waals surface area contributed by atoms with Crippen LogP contribution in [0.2, 0.25) is 0 Å². The van der Waals surface area contributed by atoms with Crippen molar-refractivity contribution in [1.82, 2.24) is 4.98 Å². The summed E-state index contributed by atoms with van der Waals surface area (Å²) >= 11 is 0. The van der Waals surface area contributed by atoms with Gasteiger partial charge in [0.2, 0.25) is 0 Å². The highest BCUT2D eigenvalue weighted by Gasteiger charge is 2.15. The van der Waals surface area contributed by atoms with Crippen LogP contribution < -0.4 is 9.39 Å². The Morgan fingerprint density at radius 2 is 2.08 bits per heavy atom. The van der Waals surface area contributed by atoms with Gasteiger partial charge in [0.1, 0.15) is 0 Å². The first-order valence-corrected chi connectivity index (χ1v) is 3.68. The molecule has 13 heavy (non-hydrogen) atoms. The van der Waals surface area contributed by atoms with E-state index in [2.05, 4.69) is 9.64 Å². The molecule has 0 unspecified atom stereocenters. The van der Waals surface area contributed by atoms with E-state index in [1.165, 1.54) is 7.11 Å². The van der Waals surface area contributed by atoms with Crippen molar-refractivity contribution in [3.8, 4) is 11.6 Å². The summed E-state index contributed by atoms with van der Waals surface area (Å²) in [5.41, 5.74) is 0.761. The Morgan fingerprint density at radius 3 is 2.62 bits per heavy atom. The van der Waals surface area contributed by atoms with Gasteiger partial charge in [-0.25, -0.2) is 4.98 Å². The summed E-state index contributed by atoms with van der Waals surface area (Å²) in [5.74, 6) is 0.427. The van der Waals surface area contributed by atoms with E-state index >= 15 is 0 Å². The average molecular weight is 183 g/mol. The van der Waals surface area contributed by atoms with Crippen LogP contribution in [-0.2, 0) is 0 Å². The van der Waals surface area contributed by atoms with Crippen molar-refractivity contribution in [3.05, 3.63) is 17.8 Å². The number of nitrogens with zero attached hydrogens (tertiary/aromatic N) is 1. The zero-order valence-electron chi connectivity index (χ0n) is 7.39. The highest BCUT2D eigenvalue weighted by atomic mass is 16.6. The van der Waals surface area contributed by atoms with Crippen LogP contribution in [0.3, 0.4) is 0 Å². The summed E-state index contributed by atoms with van der Waals surface area (Å²) < 4.78 is 9.48. The van der Waals surface area contributed by atoms with Gasteiger partial charge >= 0.3 is 7.32 Å². The second-order valence-corrected chi connectivity index (χ2v) is 2.40. The summed E-state index contributed by atoms with van der Waals surface area (Å²) in [6.07, 6.45) is 0. The molecule has 2 N–H and O–H groups in total. The molecule has 6 heteroatoms. The largest absolute Gasteiger partial charge is 0.707 e. The topological polar surface area (TPSA) is 71.8 Å². The van der Waals surface area contributed by atoms with Crippen molar-refractivity contribution >= 4 is 7.32 Å². The maximum atomic E-state index is 8.55. The van der Waals surface area contributed by atoms with Gasteiger partial charge in [0, 0.05) is 5.69 Å². The molecule has 0 aromatic carbocycles. The zero-order valence-corrected chi connectivity index (χ0v) is 7.39. The lowest BCUT2D eigenvalue weighted by molar-refractivity contribution is 0.277. The number of hydrogen-bond acceptors (Lipinski definition) is 5. The Balaban J connectivity index is 2.92. The van der Waals surface area contributed by atoms with Gasteiger partial charge in [-0.15, -0.1) is 0 Å². The molecule has 0 fully saturated rings. The number of rotatable bonds is 3. The molecule has 0 saturated carbocycles. The van der Waals surface area contributed by atoms with Gasteiger partial charge in [-0.1, -0.05) is 0 Å². The molecule has 1 aromatic heterocycles. The van der Waals surface area contributed by atoms with Crippen molar-refractivity contribution in [1.29, 1.82) is 0 Å². The van der Waals surface area contributed by atoms with Crippen LogP contribution in [0.5, 0.6) is 11.6 Å². The van der Waals surface area contributed by atoms with Crippen LogP contribution >= 0.6 is 0 Å². The summed E-state index contributed by atoms with van der Waals surface area (Å²) in [7, 11) is -0.434. The average Bonchev–Trinajstić information content (AvgIpc) is 2.07. The smallest absolute Gasteiger partial charge is 0.508 e. The maximum absolute atomic E-state index is 8.55. The molecule has 1 heterocycles. The first-order chi connectivity index (χ1) is 6.13. The predicted octanol–water partition coefficient (Wildman–Crippen LogP) is -0.253. The molecule has 0 aliphatic rings. The third kappa shape index (κ3) is 2.60. The molecule has 0 aliphatic carbocycles. The van der Waals surface area contributed by atoms with Gasteiger partial charge in [0.05, 0.1) is 7.11 Å². The van der Waals surface area contributed by atoms with Crippen LogP contribution in [0.4, 0.5) is 0 Å². The van der Waals surface area contributed by atoms with E-state index in [1.807, 2.05) is 0 Å². The lowest BCUT2D eigenvalue weighted by Gasteiger charge is -2.08. The second-order valence-electron chi connectivity index (χ2n) is 2.40. The molecule has 0 saturated heterocycles. The molecule has 5 nitrogen and oxygen atoms in total. The second kappa shape index (κ2) is 4.11. The molecule has 0 amide bonds. The fourth-order valence-corrected chi connectivity index (χ4v) is 0.870. The minimum Gasteiger partial charge on any atom is -0.508 e. The number of hydrogen-bond donors (Lipinski definition) is 2. The van der Waals surface area contributed by atoms with Crippen LogP contribution in [0.25, 0.3) is 0 Å². The van der Waals surface area contributed by atoms with Gasteiger partial charge in [-0.2, -0.15) is 0 Å². The molecule has 0 spiro atoms. The van der Waals surface area contributed by atoms with Crippen LogP contribution in [-0.4, -0.2) is 29.5 Å². The van der Waals surface area contributed by atoms with Crippen molar-refractivity contribution in [3.63, 3.8) is 0 Å². The minimum absolute atomic E-state index is 0.197. The van der Waals surface area contributed by atoms with E-state index in [0.717, 1.165) is 5.69 Å². The third-order valence-electron chi connectivity index (χ3n) is 1.39. The number of ether oxygens (including phenoxy) is 1. The fourth-order valence-electron chi connectivity index (χ4n) is 0.870. The molecule has 1 rings (SSSR count). The molecule has 0 aliphatic heterocycles. The summed E-state index contributed by atoms with van der Waals surface area (Å²) in [6, 6.07) is 3.24. The quantitative estimate of drug-likeness (QED) is 0.632. The molecular formula is C7H10BNO4. The summed E-state index contributed by atoms with van der Waals surface area (Å²) in [5, 5.41) is 17.1. The summed E-state index contributed by atoms with van der Waals surface area (Å²) in [6.45, 7) is 1.79. The van der Waals surface area contributed by atoms with Crippen molar-refractivity contribution in [2.75, 3.05) is 7.11 Å². The normalized spacial score (nSPS) is 9.54. The number of methoxy groups -OCH3 is 1. The van der Waals surface area contributed by atoms with Crippen LogP contribution in [0, 0.1) is 6.92 Å². The maximum Gasteiger partial charge on any atom is 0.707 e. The zero-order chi connectivity index (χ0) is 9.84. The van der Waals surface area contributed by atoms with Crippen LogP contribution in [0.15, 0.2) is 12.1 Å². The Hall–Kier alpha value is -1.27. The lowest BCUT2D eigenvalue weighted by atomic mass is 10.2. The Bertz CT molecular complexity index is 292. The Morgan fingerprint density at radius 1 is 1.38 bits per heavy atom. The van der Waals surface area contributed by atoms with Crippen LogP contribution in [0.1, 0.15) is 5.69 Å².